The van der Waals surface area contributed by atoms with Crippen LogP contribution in [0, 0.1) is 17.8 Å². The fraction of sp³-hybridized carbons (Fsp3) is 0.800. The number of nitrogens with one attached hydrogen (secondary N) is 6. The number of hydrogen-bond acceptors (Lipinski definition) is 15. The van der Waals surface area contributed by atoms with Gasteiger partial charge in [-0.15, -0.1) is 0 Å². The smallest absolute Gasteiger partial charge is 0.326 e. The number of nitrogens with two attached hydrogens (primary N) is 1. The summed E-state index contributed by atoms with van der Waals surface area (Å²) >= 11 is 0. The highest BCUT2D eigenvalue weighted by Gasteiger charge is 2.31. The van der Waals surface area contributed by atoms with Gasteiger partial charge in [0.2, 0.25) is 41.4 Å². The Labute approximate surface area is 471 Å². The molecule has 25 heteroatoms. The van der Waals surface area contributed by atoms with E-state index in [0.29, 0.717) is 44.9 Å². The number of carboxylic acids is 3. The maximum atomic E-state index is 13.1. The van der Waals surface area contributed by atoms with Gasteiger partial charge in [-0.2, -0.15) is 0 Å². The van der Waals surface area contributed by atoms with Crippen molar-refractivity contribution < 1.29 is 87.0 Å². The zero-order valence-electron chi connectivity index (χ0n) is 47.2. The summed E-state index contributed by atoms with van der Waals surface area (Å²) in [5.41, 5.74) is 5.32. The molecule has 1 fully saturated rings. The first-order valence-corrected chi connectivity index (χ1v) is 28.9. The Kier molecular flexibility index (Phi) is 42.3. The first-order chi connectivity index (χ1) is 38.4. The number of ether oxygens (including phenoxy) is 4. The van der Waals surface area contributed by atoms with Crippen molar-refractivity contribution in [2.24, 2.45) is 23.5 Å². The molecule has 0 spiro atoms. The highest BCUT2D eigenvalue weighted by molar-refractivity contribution is 5.90. The fourth-order valence-corrected chi connectivity index (χ4v) is 8.96. The van der Waals surface area contributed by atoms with Crippen molar-refractivity contribution in [3.63, 3.8) is 0 Å². The van der Waals surface area contributed by atoms with Crippen LogP contribution >= 0.6 is 0 Å². The number of aldehydes is 1. The molecule has 0 saturated heterocycles. The second-order valence-electron chi connectivity index (χ2n) is 20.4. The number of unbranched alkanes of at least 4 members (excludes halogenated alkanes) is 15. The number of aliphatic carboxylic acids is 3. The molecular weight excluding hydrogens is 1050 g/mol. The van der Waals surface area contributed by atoms with Gasteiger partial charge in [-0.25, -0.2) is 4.79 Å². The van der Waals surface area contributed by atoms with E-state index < -0.39 is 89.8 Å². The quantitative estimate of drug-likeness (QED) is 0.0309. The second kappa shape index (κ2) is 46.9. The highest BCUT2D eigenvalue weighted by atomic mass is 16.5. The Morgan fingerprint density at radius 2 is 1.04 bits per heavy atom. The van der Waals surface area contributed by atoms with E-state index in [0.717, 1.165) is 38.5 Å². The summed E-state index contributed by atoms with van der Waals surface area (Å²) in [7, 11) is 0. The Bertz CT molecular complexity index is 1840. The van der Waals surface area contributed by atoms with Crippen molar-refractivity contribution in [1.29, 1.82) is 0 Å². The van der Waals surface area contributed by atoms with E-state index in [2.05, 4.69) is 31.9 Å². The van der Waals surface area contributed by atoms with Crippen molar-refractivity contribution in [3.8, 4) is 0 Å². The van der Waals surface area contributed by atoms with Gasteiger partial charge < -0.3 is 76.7 Å². The van der Waals surface area contributed by atoms with E-state index in [1.807, 2.05) is 0 Å². The third kappa shape index (κ3) is 38.7. The van der Waals surface area contributed by atoms with Crippen LogP contribution in [0.15, 0.2) is 0 Å². The van der Waals surface area contributed by atoms with Crippen LogP contribution in [0.3, 0.4) is 0 Å². The molecule has 0 heterocycles. The molecule has 2 unspecified atom stereocenters. The lowest BCUT2D eigenvalue weighted by Gasteiger charge is -2.28. The number of carbonyl (C=O) groups excluding carboxylic acids is 8. The van der Waals surface area contributed by atoms with E-state index in [9.17, 15) is 63.0 Å². The van der Waals surface area contributed by atoms with Gasteiger partial charge in [0.25, 0.3) is 0 Å². The molecule has 7 amide bonds. The molecular formula is C55H95N7O18. The summed E-state index contributed by atoms with van der Waals surface area (Å²) in [5.74, 6) is -8.05. The summed E-state index contributed by atoms with van der Waals surface area (Å²) in [6.45, 7) is 1.77. The molecule has 4 atom stereocenters. The summed E-state index contributed by atoms with van der Waals surface area (Å²) in [4.78, 5) is 132. The van der Waals surface area contributed by atoms with E-state index in [-0.39, 0.29) is 103 Å². The molecule has 0 aromatic rings. The van der Waals surface area contributed by atoms with Crippen LogP contribution in [0.5, 0.6) is 0 Å². The van der Waals surface area contributed by atoms with Crippen LogP contribution < -0.4 is 37.6 Å². The van der Waals surface area contributed by atoms with Crippen molar-refractivity contribution in [3.05, 3.63) is 0 Å². The predicted molar refractivity (Wildman–Crippen MR) is 292 cm³/mol. The number of amides is 7. The number of carboxylic acid groups (broad SMARTS) is 3. The Morgan fingerprint density at radius 1 is 0.525 bits per heavy atom. The van der Waals surface area contributed by atoms with Crippen LogP contribution in [-0.4, -0.2) is 171 Å². The summed E-state index contributed by atoms with van der Waals surface area (Å²) in [6.07, 6.45) is 19.5. The van der Waals surface area contributed by atoms with Gasteiger partial charge in [0.15, 0.2) is 0 Å². The molecule has 0 aliphatic heterocycles. The second-order valence-corrected chi connectivity index (χ2v) is 20.4. The Balaban J connectivity index is 2.22. The van der Waals surface area contributed by atoms with Crippen LogP contribution in [0.4, 0.5) is 0 Å². The molecule has 0 aromatic carbocycles. The summed E-state index contributed by atoms with van der Waals surface area (Å²) in [5, 5.41) is 43.3. The van der Waals surface area contributed by atoms with Crippen LogP contribution in [0.2, 0.25) is 0 Å². The number of hydrogen-bond donors (Lipinski definition) is 10. The van der Waals surface area contributed by atoms with Crippen molar-refractivity contribution in [2.75, 3.05) is 72.4 Å². The van der Waals surface area contributed by atoms with Crippen LogP contribution in [0.25, 0.3) is 0 Å². The minimum atomic E-state index is -1.38. The molecule has 0 radical (unpaired) electrons. The van der Waals surface area contributed by atoms with Gasteiger partial charge in [0.05, 0.1) is 52.1 Å². The summed E-state index contributed by atoms with van der Waals surface area (Å²) in [6, 6.07) is -2.63. The average Bonchev–Trinajstić information content (AvgIpc) is 3.43. The van der Waals surface area contributed by atoms with Crippen molar-refractivity contribution in [1.82, 2.24) is 31.9 Å². The monoisotopic (exact) mass is 1140 g/mol. The lowest BCUT2D eigenvalue weighted by molar-refractivity contribution is -0.143. The van der Waals surface area contributed by atoms with Crippen LogP contribution in [0.1, 0.15) is 174 Å². The van der Waals surface area contributed by atoms with E-state index in [4.69, 9.17) is 29.8 Å². The minimum absolute atomic E-state index is 0.0138. The molecule has 1 saturated carbocycles. The zero-order chi connectivity index (χ0) is 59.2. The topological polar surface area (TPSA) is 384 Å². The van der Waals surface area contributed by atoms with Gasteiger partial charge in [-0.1, -0.05) is 96.8 Å². The molecule has 1 rings (SSSR count). The maximum Gasteiger partial charge on any atom is 0.326 e. The van der Waals surface area contributed by atoms with Gasteiger partial charge >= 0.3 is 17.9 Å². The Morgan fingerprint density at radius 3 is 1.57 bits per heavy atom. The molecule has 80 heavy (non-hydrogen) atoms. The largest absolute Gasteiger partial charge is 0.481 e. The average molecular weight is 1140 g/mol. The van der Waals surface area contributed by atoms with Gasteiger partial charge in [0.1, 0.15) is 31.1 Å². The van der Waals surface area contributed by atoms with Gasteiger partial charge in [-0.05, 0) is 57.3 Å². The number of primary amides is 1. The molecule has 1 aliphatic carbocycles. The summed E-state index contributed by atoms with van der Waals surface area (Å²) < 4.78 is 21.4. The lowest BCUT2D eigenvalue weighted by atomic mass is 9.81. The van der Waals surface area contributed by atoms with Crippen LogP contribution in [-0.2, 0) is 71.7 Å². The third-order valence-electron chi connectivity index (χ3n) is 13.7. The molecule has 0 aromatic heterocycles. The minimum Gasteiger partial charge on any atom is -0.481 e. The number of rotatable bonds is 52. The zero-order valence-corrected chi connectivity index (χ0v) is 47.2. The highest BCUT2D eigenvalue weighted by Crippen LogP contribution is 2.29. The molecule has 25 nitrogen and oxygen atoms in total. The first-order valence-electron chi connectivity index (χ1n) is 28.9. The van der Waals surface area contributed by atoms with Gasteiger partial charge in [0, 0.05) is 51.2 Å². The predicted octanol–water partition coefficient (Wildman–Crippen LogP) is 2.82. The molecule has 1 aliphatic rings. The number of carbonyl (C=O) groups is 11. The molecule has 0 bridgehead atoms. The van der Waals surface area contributed by atoms with E-state index in [1.54, 1.807) is 0 Å². The standard InChI is InChI=1S/C55H95N7O18/c1-40(52(72)58-28-31-63)50(51(56)71)80-37-36-78-32-29-57-47(66)39-79-35-34-77-33-30-59-54(74)43(25-27-49(69)70)61-46(65)26-24-44(55(75)76)62-53(73)42-22-20-41(21-23-42)38-60-45(64)18-16-14-12-10-8-6-4-2-3-5-7-9-11-13-15-17-19-48(67)68/h31,40-44,50H,2-30,32-39H2,1H3,(H2,56,71)(H,57,66)(H,58,72)(H,59,74)(H,60,64)(H,61,65)(H,62,73)(H,67,68)(H,69,70)(H,75,76)/t40?,41?,42?,43-,44-,50?/m0/s1. The fourth-order valence-electron chi connectivity index (χ4n) is 8.96. The Hall–Kier alpha value is -5.79. The van der Waals surface area contributed by atoms with E-state index >= 15 is 0 Å². The van der Waals surface area contributed by atoms with Crippen molar-refractivity contribution >= 4 is 65.5 Å². The van der Waals surface area contributed by atoms with Gasteiger partial charge in [-0.3, -0.25) is 43.2 Å². The maximum absolute atomic E-state index is 13.1. The van der Waals surface area contributed by atoms with Crippen molar-refractivity contribution in [2.45, 2.75) is 192 Å². The normalized spacial score (nSPS) is 15.5. The van der Waals surface area contributed by atoms with E-state index in [1.165, 1.54) is 71.1 Å². The first kappa shape index (κ1) is 72.2. The SMILES string of the molecule is CC(C(=O)NCC=O)C(OCCOCCNC(=O)COCCOCCNC(=O)[C@H](CCC(=O)O)NC(=O)CC[C@H](NC(=O)C1CCC(CNC(=O)CCCCCCCCCCCCCCCCCCC(=O)O)CC1)C(=O)O)C(N)=O. The third-order valence-corrected chi connectivity index (χ3v) is 13.7. The molecule has 458 valence electrons. The molecule has 11 N–H and O–H groups in total. The lowest BCUT2D eigenvalue weighted by Crippen LogP contribution is -2.48.